The molecule has 0 atom stereocenters. The molecule has 1 aromatic carbocycles. The average Bonchev–Trinajstić information content (AvgIpc) is 2.34. The van der Waals surface area contributed by atoms with Crippen molar-refractivity contribution in [2.45, 2.75) is 31.6 Å². The van der Waals surface area contributed by atoms with Crippen molar-refractivity contribution in [3.63, 3.8) is 0 Å². The molecule has 0 saturated heterocycles. The molecule has 0 heterocycles. The predicted octanol–water partition coefficient (Wildman–Crippen LogP) is 1.19. The molecule has 0 aliphatic carbocycles. The first-order valence-corrected chi connectivity index (χ1v) is 9.52. The van der Waals surface area contributed by atoms with Gasteiger partial charge < -0.3 is 4.74 Å². The molecule has 3 N–H and O–H groups in total. The number of anilines is 1. The first kappa shape index (κ1) is 17.7. The normalized spacial score (nSPS) is 12.2. The second-order valence-electron chi connectivity index (χ2n) is 4.66. The highest BCUT2D eigenvalue weighted by molar-refractivity contribution is 7.92. The Morgan fingerprint density at radius 2 is 1.86 bits per heavy atom. The molecular formula is C12H20N2O5S2. The Bertz CT molecular complexity index is 711. The largest absolute Gasteiger partial charge is 0.493 e. The lowest BCUT2D eigenvalue weighted by atomic mass is 10.2. The number of methoxy groups -OCH3 is 1. The van der Waals surface area contributed by atoms with Gasteiger partial charge in [-0.05, 0) is 31.0 Å². The van der Waals surface area contributed by atoms with Gasteiger partial charge in [0.2, 0.25) is 20.0 Å². The van der Waals surface area contributed by atoms with Crippen LogP contribution in [0.2, 0.25) is 0 Å². The summed E-state index contributed by atoms with van der Waals surface area (Å²) in [6.07, 6.45) is 1.24. The van der Waals surface area contributed by atoms with E-state index in [9.17, 15) is 16.8 Å². The Hall–Kier alpha value is -1.32. The first-order chi connectivity index (χ1) is 9.60. The number of unbranched alkanes of at least 4 members (excludes halogenated alkanes) is 1. The van der Waals surface area contributed by atoms with Crippen molar-refractivity contribution in [1.82, 2.24) is 0 Å². The summed E-state index contributed by atoms with van der Waals surface area (Å²) in [5.41, 5.74) is 0.616. The summed E-state index contributed by atoms with van der Waals surface area (Å²) in [4.78, 5) is -0.252. The predicted molar refractivity (Wildman–Crippen MR) is 81.4 cm³/mol. The number of hydrogen-bond acceptors (Lipinski definition) is 5. The number of benzene rings is 1. The zero-order valence-electron chi connectivity index (χ0n) is 12.2. The van der Waals surface area contributed by atoms with E-state index in [-0.39, 0.29) is 22.1 Å². The zero-order chi connectivity index (χ0) is 16.3. The molecule has 0 bridgehead atoms. The maximum atomic E-state index is 12.0. The summed E-state index contributed by atoms with van der Waals surface area (Å²) >= 11 is 0. The topological polar surface area (TPSA) is 116 Å². The monoisotopic (exact) mass is 336 g/mol. The number of ether oxygens (including phenoxy) is 1. The number of aryl methyl sites for hydroxylation is 1. The van der Waals surface area contributed by atoms with E-state index in [1.165, 1.54) is 19.2 Å². The Morgan fingerprint density at radius 1 is 1.24 bits per heavy atom. The van der Waals surface area contributed by atoms with E-state index in [0.717, 1.165) is 6.42 Å². The lowest BCUT2D eigenvalue weighted by Gasteiger charge is -2.15. The molecular weight excluding hydrogens is 316 g/mol. The molecule has 0 aromatic heterocycles. The number of rotatable bonds is 7. The van der Waals surface area contributed by atoms with Crippen molar-refractivity contribution in [2.24, 2.45) is 5.14 Å². The minimum atomic E-state index is -4.02. The van der Waals surface area contributed by atoms with E-state index in [0.29, 0.717) is 12.0 Å². The minimum Gasteiger partial charge on any atom is -0.493 e. The summed E-state index contributed by atoms with van der Waals surface area (Å²) in [5.74, 6) is -0.158. The number of primary sulfonamides is 1. The number of hydrogen-bond donors (Lipinski definition) is 2. The fourth-order valence-corrected chi connectivity index (χ4v) is 3.85. The molecule has 7 nitrogen and oxygen atoms in total. The van der Waals surface area contributed by atoms with Crippen LogP contribution in [-0.4, -0.2) is 29.7 Å². The standard InChI is InChI=1S/C12H20N2O5S2/c1-4-5-6-20(15,16)14-10-7-9(2)8-11(12(10)19-3)21(13,17)18/h7-8,14H,4-6H2,1-3H3,(H2,13,17,18). The van der Waals surface area contributed by atoms with E-state index in [1.54, 1.807) is 6.92 Å². The van der Waals surface area contributed by atoms with Gasteiger partial charge in [0.1, 0.15) is 4.90 Å². The van der Waals surface area contributed by atoms with Crippen LogP contribution in [0.3, 0.4) is 0 Å². The van der Waals surface area contributed by atoms with Crippen LogP contribution in [0.1, 0.15) is 25.3 Å². The Balaban J connectivity index is 3.34. The SMILES string of the molecule is CCCCS(=O)(=O)Nc1cc(C)cc(S(N)(=O)=O)c1OC. The van der Waals surface area contributed by atoms with E-state index in [1.807, 2.05) is 6.92 Å². The second-order valence-corrected chi connectivity index (χ2v) is 8.04. The van der Waals surface area contributed by atoms with Gasteiger partial charge >= 0.3 is 0 Å². The van der Waals surface area contributed by atoms with Gasteiger partial charge in [0.05, 0.1) is 18.6 Å². The molecule has 0 fully saturated rings. The number of nitrogens with one attached hydrogen (secondary N) is 1. The van der Waals surface area contributed by atoms with Crippen LogP contribution >= 0.6 is 0 Å². The van der Waals surface area contributed by atoms with E-state index < -0.39 is 20.0 Å². The maximum Gasteiger partial charge on any atom is 0.241 e. The third kappa shape index (κ3) is 4.87. The van der Waals surface area contributed by atoms with E-state index in [4.69, 9.17) is 9.88 Å². The highest BCUT2D eigenvalue weighted by atomic mass is 32.2. The van der Waals surface area contributed by atoms with Crippen LogP contribution in [0, 0.1) is 6.92 Å². The van der Waals surface area contributed by atoms with Gasteiger partial charge in [-0.2, -0.15) is 0 Å². The molecule has 0 aliphatic heterocycles. The zero-order valence-corrected chi connectivity index (χ0v) is 13.8. The maximum absolute atomic E-state index is 12.0. The average molecular weight is 336 g/mol. The molecule has 0 amide bonds. The molecule has 0 saturated carbocycles. The highest BCUT2D eigenvalue weighted by Crippen LogP contribution is 2.33. The van der Waals surface area contributed by atoms with E-state index >= 15 is 0 Å². The van der Waals surface area contributed by atoms with Crippen molar-refractivity contribution in [2.75, 3.05) is 17.6 Å². The molecule has 0 unspecified atom stereocenters. The van der Waals surface area contributed by atoms with Gasteiger partial charge in [-0.25, -0.2) is 22.0 Å². The number of sulfonamides is 2. The van der Waals surface area contributed by atoms with Gasteiger partial charge in [0.15, 0.2) is 5.75 Å². The fraction of sp³-hybridized carbons (Fsp3) is 0.500. The summed E-state index contributed by atoms with van der Waals surface area (Å²) < 4.78 is 54.4. The lowest BCUT2D eigenvalue weighted by molar-refractivity contribution is 0.405. The van der Waals surface area contributed by atoms with Gasteiger partial charge in [-0.3, -0.25) is 4.72 Å². The smallest absolute Gasteiger partial charge is 0.241 e. The number of nitrogens with two attached hydrogens (primary N) is 1. The minimum absolute atomic E-state index is 0.0503. The van der Waals surface area contributed by atoms with E-state index in [2.05, 4.69) is 4.72 Å². The third-order valence-corrected chi connectivity index (χ3v) is 5.02. The van der Waals surface area contributed by atoms with Crippen LogP contribution in [0.25, 0.3) is 0 Å². The van der Waals surface area contributed by atoms with Crippen molar-refractivity contribution in [3.05, 3.63) is 17.7 Å². The van der Waals surface area contributed by atoms with Crippen molar-refractivity contribution >= 4 is 25.7 Å². The molecule has 1 rings (SSSR count). The molecule has 0 spiro atoms. The molecule has 0 radical (unpaired) electrons. The third-order valence-electron chi connectivity index (χ3n) is 2.74. The van der Waals surface area contributed by atoms with Gasteiger partial charge in [-0.15, -0.1) is 0 Å². The molecule has 120 valence electrons. The quantitative estimate of drug-likeness (QED) is 0.776. The van der Waals surface area contributed by atoms with Crippen molar-refractivity contribution < 1.29 is 21.6 Å². The molecule has 1 aromatic rings. The van der Waals surface area contributed by atoms with Crippen LogP contribution in [-0.2, 0) is 20.0 Å². The lowest BCUT2D eigenvalue weighted by Crippen LogP contribution is -2.19. The first-order valence-electron chi connectivity index (χ1n) is 6.32. The Labute approximate surface area is 125 Å². The van der Waals surface area contributed by atoms with Gasteiger partial charge in [0, 0.05) is 0 Å². The second kappa shape index (κ2) is 6.63. The van der Waals surface area contributed by atoms with Crippen molar-refractivity contribution in [1.29, 1.82) is 0 Å². The van der Waals surface area contributed by atoms with Crippen molar-refractivity contribution in [3.8, 4) is 5.75 Å². The summed E-state index contributed by atoms with van der Waals surface area (Å²) in [6.45, 7) is 3.51. The summed E-state index contributed by atoms with van der Waals surface area (Å²) in [5, 5.41) is 5.13. The van der Waals surface area contributed by atoms with Crippen LogP contribution in [0.4, 0.5) is 5.69 Å². The van der Waals surface area contributed by atoms with Crippen LogP contribution in [0.5, 0.6) is 5.75 Å². The van der Waals surface area contributed by atoms with Crippen LogP contribution in [0.15, 0.2) is 17.0 Å². The highest BCUT2D eigenvalue weighted by Gasteiger charge is 2.22. The Morgan fingerprint density at radius 3 is 2.33 bits per heavy atom. The molecule has 21 heavy (non-hydrogen) atoms. The van der Waals surface area contributed by atoms with Gasteiger partial charge in [0.25, 0.3) is 0 Å². The van der Waals surface area contributed by atoms with Gasteiger partial charge in [-0.1, -0.05) is 13.3 Å². The fourth-order valence-electron chi connectivity index (χ4n) is 1.79. The molecule has 9 heteroatoms. The summed E-state index contributed by atoms with van der Waals surface area (Å²) in [7, 11) is -6.34. The molecule has 0 aliphatic rings. The van der Waals surface area contributed by atoms with Crippen LogP contribution < -0.4 is 14.6 Å². The summed E-state index contributed by atoms with van der Waals surface area (Å²) in [6, 6.07) is 2.83. The Kier molecular flexibility index (Phi) is 5.60.